The fraction of sp³-hybridized carbons (Fsp3) is 0.200. The van der Waals surface area contributed by atoms with E-state index in [-0.39, 0.29) is 0 Å². The fourth-order valence-corrected chi connectivity index (χ4v) is 1.96. The Morgan fingerprint density at radius 1 is 1.25 bits per heavy atom. The minimum Gasteiger partial charge on any atom is -0.357 e. The molecule has 0 spiro atoms. The molecule has 0 saturated carbocycles. The maximum absolute atomic E-state index is 3.84. The van der Waals surface area contributed by atoms with Gasteiger partial charge in [-0.2, -0.15) is 0 Å². The number of aromatic nitrogens is 1. The molecule has 16 heavy (non-hydrogen) atoms. The molecular formula is C15H17N. The highest BCUT2D eigenvalue weighted by Gasteiger charge is 2.02. The van der Waals surface area contributed by atoms with E-state index in [1.165, 1.54) is 22.3 Å². The van der Waals surface area contributed by atoms with Gasteiger partial charge in [0.1, 0.15) is 0 Å². The second-order valence-electron chi connectivity index (χ2n) is 4.04. The van der Waals surface area contributed by atoms with E-state index in [0.29, 0.717) is 0 Å². The smallest absolute Gasteiger partial charge is 0.0110 e. The van der Waals surface area contributed by atoms with E-state index >= 15 is 0 Å². The molecule has 0 saturated heterocycles. The van der Waals surface area contributed by atoms with Crippen molar-refractivity contribution in [3.8, 4) is 11.1 Å². The topological polar surface area (TPSA) is 4.93 Å². The number of hydrogen-bond donors (Lipinski definition) is 0. The first kappa shape index (κ1) is 10.7. The first-order valence-corrected chi connectivity index (χ1v) is 5.62. The van der Waals surface area contributed by atoms with Crippen molar-refractivity contribution in [3.05, 3.63) is 54.4 Å². The molecular weight excluding hydrogens is 194 g/mol. The Kier molecular flexibility index (Phi) is 2.95. The maximum Gasteiger partial charge on any atom is 0.0110 e. The first-order valence-electron chi connectivity index (χ1n) is 5.62. The molecule has 0 bridgehead atoms. The zero-order chi connectivity index (χ0) is 11.5. The largest absolute Gasteiger partial charge is 0.357 e. The lowest BCUT2D eigenvalue weighted by molar-refractivity contribution is 0.928. The minimum absolute atomic E-state index is 1.04. The predicted octanol–water partition coefficient (Wildman–Crippen LogP) is 3.90. The van der Waals surface area contributed by atoms with Gasteiger partial charge in [-0.25, -0.2) is 0 Å². The lowest BCUT2D eigenvalue weighted by Gasteiger charge is -2.06. The predicted molar refractivity (Wildman–Crippen MR) is 70.3 cm³/mol. The van der Waals surface area contributed by atoms with Crippen LogP contribution < -0.4 is 0 Å². The SMILES string of the molecule is C=Cc1ccc(-c2ccn(C)c2)cc1CC. The second kappa shape index (κ2) is 4.40. The Morgan fingerprint density at radius 3 is 2.62 bits per heavy atom. The molecule has 0 amide bonds. The lowest BCUT2D eigenvalue weighted by atomic mass is 9.99. The molecule has 1 heterocycles. The number of nitrogens with zero attached hydrogens (tertiary/aromatic N) is 1. The molecule has 0 unspecified atom stereocenters. The number of aryl methyl sites for hydroxylation is 2. The molecule has 0 fully saturated rings. The first-order chi connectivity index (χ1) is 7.74. The van der Waals surface area contributed by atoms with Crippen LogP contribution in [0.25, 0.3) is 17.2 Å². The quantitative estimate of drug-likeness (QED) is 0.725. The van der Waals surface area contributed by atoms with Crippen LogP contribution in [0.1, 0.15) is 18.1 Å². The summed E-state index contributed by atoms with van der Waals surface area (Å²) in [4.78, 5) is 0. The standard InChI is InChI=1S/C15H17N/c1-4-12-6-7-14(10-13(12)5-2)15-8-9-16(3)11-15/h4,6-11H,1,5H2,2-3H3. The second-order valence-corrected chi connectivity index (χ2v) is 4.04. The van der Waals surface area contributed by atoms with Gasteiger partial charge in [-0.15, -0.1) is 0 Å². The molecule has 0 aliphatic rings. The maximum atomic E-state index is 3.84. The van der Waals surface area contributed by atoms with Gasteiger partial charge in [0, 0.05) is 19.4 Å². The van der Waals surface area contributed by atoms with Crippen molar-refractivity contribution in [2.75, 3.05) is 0 Å². The van der Waals surface area contributed by atoms with Crippen LogP contribution in [0.3, 0.4) is 0 Å². The average Bonchev–Trinajstić information content (AvgIpc) is 2.75. The summed E-state index contributed by atoms with van der Waals surface area (Å²) < 4.78 is 2.07. The number of benzene rings is 1. The van der Waals surface area contributed by atoms with Gasteiger partial charge in [0.15, 0.2) is 0 Å². The fourth-order valence-electron chi connectivity index (χ4n) is 1.96. The third-order valence-electron chi connectivity index (χ3n) is 2.91. The van der Waals surface area contributed by atoms with Gasteiger partial charge < -0.3 is 4.57 Å². The number of rotatable bonds is 3. The van der Waals surface area contributed by atoms with Crippen molar-refractivity contribution in [2.45, 2.75) is 13.3 Å². The molecule has 0 aliphatic heterocycles. The zero-order valence-corrected chi connectivity index (χ0v) is 9.90. The van der Waals surface area contributed by atoms with Crippen molar-refractivity contribution in [1.82, 2.24) is 4.57 Å². The van der Waals surface area contributed by atoms with Crippen LogP contribution in [-0.2, 0) is 13.5 Å². The van der Waals surface area contributed by atoms with Crippen LogP contribution in [0, 0.1) is 0 Å². The summed E-state index contributed by atoms with van der Waals surface area (Å²) in [5.41, 5.74) is 5.15. The van der Waals surface area contributed by atoms with E-state index in [9.17, 15) is 0 Å². The van der Waals surface area contributed by atoms with Gasteiger partial charge in [-0.05, 0) is 34.7 Å². The van der Waals surface area contributed by atoms with Crippen molar-refractivity contribution >= 4 is 6.08 Å². The van der Waals surface area contributed by atoms with Crippen LogP contribution in [0.15, 0.2) is 43.2 Å². The summed E-state index contributed by atoms with van der Waals surface area (Å²) in [7, 11) is 2.04. The molecule has 1 aromatic carbocycles. The molecule has 0 radical (unpaired) electrons. The third kappa shape index (κ3) is 1.94. The van der Waals surface area contributed by atoms with Gasteiger partial charge in [0.05, 0.1) is 0 Å². The molecule has 0 atom stereocenters. The Labute approximate surface area is 97.0 Å². The van der Waals surface area contributed by atoms with Gasteiger partial charge >= 0.3 is 0 Å². The highest BCUT2D eigenvalue weighted by molar-refractivity contribution is 5.67. The molecule has 0 aliphatic carbocycles. The van der Waals surface area contributed by atoms with E-state index in [2.05, 4.69) is 54.7 Å². The molecule has 1 aromatic heterocycles. The molecule has 2 aromatic rings. The summed E-state index contributed by atoms with van der Waals surface area (Å²) in [5.74, 6) is 0. The molecule has 0 N–H and O–H groups in total. The zero-order valence-electron chi connectivity index (χ0n) is 9.90. The van der Waals surface area contributed by atoms with Crippen molar-refractivity contribution in [2.24, 2.45) is 7.05 Å². The van der Waals surface area contributed by atoms with E-state index in [1.54, 1.807) is 0 Å². The Hall–Kier alpha value is -1.76. The van der Waals surface area contributed by atoms with E-state index in [0.717, 1.165) is 6.42 Å². The summed E-state index contributed by atoms with van der Waals surface area (Å²) >= 11 is 0. The molecule has 2 rings (SSSR count). The molecule has 82 valence electrons. The average molecular weight is 211 g/mol. The minimum atomic E-state index is 1.04. The van der Waals surface area contributed by atoms with Gasteiger partial charge in [0.25, 0.3) is 0 Å². The van der Waals surface area contributed by atoms with Crippen molar-refractivity contribution in [1.29, 1.82) is 0 Å². The summed E-state index contributed by atoms with van der Waals surface area (Å²) in [5, 5.41) is 0. The summed E-state index contributed by atoms with van der Waals surface area (Å²) in [6, 6.07) is 8.70. The highest BCUT2D eigenvalue weighted by Crippen LogP contribution is 2.23. The van der Waals surface area contributed by atoms with Crippen LogP contribution >= 0.6 is 0 Å². The van der Waals surface area contributed by atoms with E-state index in [1.807, 2.05) is 13.1 Å². The Balaban J connectivity index is 2.47. The van der Waals surface area contributed by atoms with Crippen LogP contribution in [0.4, 0.5) is 0 Å². The Morgan fingerprint density at radius 2 is 2.06 bits per heavy atom. The normalized spacial score (nSPS) is 10.4. The Bertz CT molecular complexity index is 506. The van der Waals surface area contributed by atoms with Crippen LogP contribution in [-0.4, -0.2) is 4.57 Å². The molecule has 1 nitrogen and oxygen atoms in total. The third-order valence-corrected chi connectivity index (χ3v) is 2.91. The van der Waals surface area contributed by atoms with Gasteiger partial charge in [0.2, 0.25) is 0 Å². The summed E-state index contributed by atoms with van der Waals surface area (Å²) in [6.07, 6.45) is 7.18. The monoisotopic (exact) mass is 211 g/mol. The summed E-state index contributed by atoms with van der Waals surface area (Å²) in [6.45, 7) is 6.02. The highest BCUT2D eigenvalue weighted by atomic mass is 14.9. The van der Waals surface area contributed by atoms with E-state index < -0.39 is 0 Å². The van der Waals surface area contributed by atoms with Crippen LogP contribution in [0.5, 0.6) is 0 Å². The number of hydrogen-bond acceptors (Lipinski definition) is 0. The van der Waals surface area contributed by atoms with Gasteiger partial charge in [-0.3, -0.25) is 0 Å². The van der Waals surface area contributed by atoms with Crippen LogP contribution in [0.2, 0.25) is 0 Å². The lowest BCUT2D eigenvalue weighted by Crippen LogP contribution is -1.87. The van der Waals surface area contributed by atoms with E-state index in [4.69, 9.17) is 0 Å². The van der Waals surface area contributed by atoms with Gasteiger partial charge in [-0.1, -0.05) is 37.8 Å². The van der Waals surface area contributed by atoms with Crippen molar-refractivity contribution < 1.29 is 0 Å². The van der Waals surface area contributed by atoms with Crippen molar-refractivity contribution in [3.63, 3.8) is 0 Å². The molecule has 1 heteroatoms.